The van der Waals surface area contributed by atoms with Crippen LogP contribution in [0.25, 0.3) is 0 Å². The largest absolute Gasteiger partial charge is 0.352 e. The number of hydrogen-bond acceptors (Lipinski definition) is 3. The lowest BCUT2D eigenvalue weighted by Gasteiger charge is -2.16. The molecule has 6 heteroatoms. The summed E-state index contributed by atoms with van der Waals surface area (Å²) in [5, 5.41) is 5.43. The third kappa shape index (κ3) is 6.27. The highest BCUT2D eigenvalue weighted by atomic mass is 16.2. The summed E-state index contributed by atoms with van der Waals surface area (Å²) >= 11 is 0. The quantitative estimate of drug-likeness (QED) is 0.576. The smallest absolute Gasteiger partial charge is 0.312 e. The number of urea groups is 1. The van der Waals surface area contributed by atoms with Gasteiger partial charge in [-0.1, -0.05) is 31.9 Å². The molecule has 1 aromatic rings. The maximum absolute atomic E-state index is 12.1. The summed E-state index contributed by atoms with van der Waals surface area (Å²) in [5.41, 5.74) is 12.1. The van der Waals surface area contributed by atoms with Gasteiger partial charge in [0, 0.05) is 24.7 Å². The van der Waals surface area contributed by atoms with Gasteiger partial charge >= 0.3 is 6.03 Å². The predicted molar refractivity (Wildman–Crippen MR) is 82.7 cm³/mol. The van der Waals surface area contributed by atoms with Crippen molar-refractivity contribution >= 4 is 11.9 Å². The van der Waals surface area contributed by atoms with Crippen LogP contribution in [0.3, 0.4) is 0 Å². The lowest BCUT2D eigenvalue weighted by Crippen LogP contribution is -2.40. The molecule has 116 valence electrons. The number of unbranched alkanes of at least 4 members (excludes halogenated alkanes) is 1. The molecule has 1 unspecified atom stereocenters. The lowest BCUT2D eigenvalue weighted by molar-refractivity contribution is 0.0935. The third-order valence-electron chi connectivity index (χ3n) is 3.21. The van der Waals surface area contributed by atoms with Crippen molar-refractivity contribution in [3.8, 4) is 0 Å². The van der Waals surface area contributed by atoms with Crippen LogP contribution in [0, 0.1) is 0 Å². The number of nitrogens with two attached hydrogens (primary N) is 2. The first-order valence-corrected chi connectivity index (χ1v) is 7.20. The van der Waals surface area contributed by atoms with Gasteiger partial charge in [0.1, 0.15) is 0 Å². The van der Waals surface area contributed by atoms with E-state index in [4.69, 9.17) is 11.5 Å². The Balaban J connectivity index is 2.55. The summed E-state index contributed by atoms with van der Waals surface area (Å²) in [6.45, 7) is 2.89. The maximum Gasteiger partial charge on any atom is 0.312 e. The van der Waals surface area contributed by atoms with Gasteiger partial charge in [-0.2, -0.15) is 0 Å². The van der Waals surface area contributed by atoms with Crippen molar-refractivity contribution < 1.29 is 9.59 Å². The Morgan fingerprint density at radius 3 is 2.43 bits per heavy atom. The van der Waals surface area contributed by atoms with Crippen molar-refractivity contribution in [3.63, 3.8) is 0 Å². The van der Waals surface area contributed by atoms with Crippen LogP contribution in [-0.4, -0.2) is 24.5 Å². The molecule has 0 bridgehead atoms. The molecule has 0 saturated carbocycles. The fourth-order valence-electron chi connectivity index (χ4n) is 1.93. The molecule has 1 rings (SSSR count). The highest BCUT2D eigenvalue weighted by Gasteiger charge is 2.11. The van der Waals surface area contributed by atoms with Crippen LogP contribution in [-0.2, 0) is 6.54 Å². The fraction of sp³-hybridized carbons (Fsp3) is 0.467. The average Bonchev–Trinajstić information content (AvgIpc) is 2.49. The van der Waals surface area contributed by atoms with Gasteiger partial charge in [0.25, 0.3) is 5.91 Å². The molecule has 0 saturated heterocycles. The van der Waals surface area contributed by atoms with E-state index >= 15 is 0 Å². The molecular weight excluding hydrogens is 268 g/mol. The normalized spacial score (nSPS) is 11.7. The van der Waals surface area contributed by atoms with Crippen LogP contribution in [0.5, 0.6) is 0 Å². The van der Waals surface area contributed by atoms with Crippen LogP contribution in [0.15, 0.2) is 24.3 Å². The molecule has 0 radical (unpaired) electrons. The molecule has 0 aliphatic rings. The van der Waals surface area contributed by atoms with E-state index < -0.39 is 6.03 Å². The van der Waals surface area contributed by atoms with Gasteiger partial charge in [-0.15, -0.1) is 0 Å². The van der Waals surface area contributed by atoms with E-state index in [1.165, 1.54) is 0 Å². The lowest BCUT2D eigenvalue weighted by atomic mass is 10.1. The minimum atomic E-state index is -0.571. The summed E-state index contributed by atoms with van der Waals surface area (Å²) in [6.07, 6.45) is 3.01. The molecule has 3 amide bonds. The first-order chi connectivity index (χ1) is 10.1. The Kier molecular flexibility index (Phi) is 7.25. The standard InChI is InChI=1S/C15H24N4O2/c1-2-3-4-13(9-16)19-14(20)12-7-5-11(6-8-12)10-18-15(17)21/h5-8,13H,2-4,9-10,16H2,1H3,(H,19,20)(H3,17,18,21). The Labute approximate surface area is 125 Å². The van der Waals surface area contributed by atoms with Crippen LogP contribution < -0.4 is 22.1 Å². The van der Waals surface area contributed by atoms with E-state index in [9.17, 15) is 9.59 Å². The van der Waals surface area contributed by atoms with Gasteiger partial charge in [-0.3, -0.25) is 4.79 Å². The number of nitrogens with one attached hydrogen (secondary N) is 2. The van der Waals surface area contributed by atoms with E-state index in [1.807, 2.05) is 0 Å². The second-order valence-electron chi connectivity index (χ2n) is 4.96. The Hall–Kier alpha value is -2.08. The summed E-state index contributed by atoms with van der Waals surface area (Å²) in [7, 11) is 0. The Morgan fingerprint density at radius 1 is 1.24 bits per heavy atom. The summed E-state index contributed by atoms with van der Waals surface area (Å²) in [5.74, 6) is -0.129. The zero-order valence-electron chi connectivity index (χ0n) is 12.4. The van der Waals surface area contributed by atoms with Crippen molar-refractivity contribution in [2.45, 2.75) is 38.8 Å². The first kappa shape index (κ1) is 17.0. The van der Waals surface area contributed by atoms with Gasteiger partial charge in [-0.25, -0.2) is 4.79 Å². The van der Waals surface area contributed by atoms with Crippen molar-refractivity contribution in [1.82, 2.24) is 10.6 Å². The number of hydrogen-bond donors (Lipinski definition) is 4. The van der Waals surface area contributed by atoms with Gasteiger partial charge in [0.15, 0.2) is 0 Å². The zero-order valence-corrected chi connectivity index (χ0v) is 12.4. The molecular formula is C15H24N4O2. The van der Waals surface area contributed by atoms with Gasteiger partial charge in [0.05, 0.1) is 0 Å². The van der Waals surface area contributed by atoms with Crippen LogP contribution in [0.1, 0.15) is 42.1 Å². The van der Waals surface area contributed by atoms with Crippen LogP contribution in [0.4, 0.5) is 4.79 Å². The van der Waals surface area contributed by atoms with Crippen LogP contribution in [0.2, 0.25) is 0 Å². The van der Waals surface area contributed by atoms with Gasteiger partial charge < -0.3 is 22.1 Å². The number of rotatable bonds is 8. The first-order valence-electron chi connectivity index (χ1n) is 7.20. The molecule has 0 fully saturated rings. The second-order valence-corrected chi connectivity index (χ2v) is 4.96. The maximum atomic E-state index is 12.1. The molecule has 1 atom stereocenters. The minimum absolute atomic E-state index is 0.00801. The topological polar surface area (TPSA) is 110 Å². The molecule has 6 N–H and O–H groups in total. The number of amides is 3. The molecule has 21 heavy (non-hydrogen) atoms. The van der Waals surface area contributed by atoms with E-state index in [0.717, 1.165) is 24.8 Å². The molecule has 0 heterocycles. The minimum Gasteiger partial charge on any atom is -0.352 e. The third-order valence-corrected chi connectivity index (χ3v) is 3.21. The molecule has 0 spiro atoms. The number of carbonyl (C=O) groups excluding carboxylic acids is 2. The van der Waals surface area contributed by atoms with Crippen LogP contribution >= 0.6 is 0 Å². The number of benzene rings is 1. The summed E-state index contributed by atoms with van der Waals surface area (Å²) < 4.78 is 0. The SMILES string of the molecule is CCCCC(CN)NC(=O)c1ccc(CNC(N)=O)cc1. The van der Waals surface area contributed by atoms with E-state index in [-0.39, 0.29) is 11.9 Å². The second kappa shape index (κ2) is 8.97. The van der Waals surface area contributed by atoms with E-state index in [0.29, 0.717) is 18.7 Å². The van der Waals surface area contributed by atoms with Crippen molar-refractivity contribution in [1.29, 1.82) is 0 Å². The van der Waals surface area contributed by atoms with Crippen molar-refractivity contribution in [2.24, 2.45) is 11.5 Å². The fourth-order valence-corrected chi connectivity index (χ4v) is 1.93. The van der Waals surface area contributed by atoms with Crippen molar-refractivity contribution in [2.75, 3.05) is 6.54 Å². The monoisotopic (exact) mass is 292 g/mol. The predicted octanol–water partition coefficient (Wildman–Crippen LogP) is 1.10. The summed E-state index contributed by atoms with van der Waals surface area (Å²) in [6, 6.07) is 6.46. The summed E-state index contributed by atoms with van der Waals surface area (Å²) in [4.78, 5) is 22.7. The van der Waals surface area contributed by atoms with E-state index in [1.54, 1.807) is 24.3 Å². The molecule has 1 aromatic carbocycles. The number of carbonyl (C=O) groups is 2. The van der Waals surface area contributed by atoms with Gasteiger partial charge in [-0.05, 0) is 24.1 Å². The highest BCUT2D eigenvalue weighted by molar-refractivity contribution is 5.94. The molecule has 0 aliphatic carbocycles. The molecule has 6 nitrogen and oxygen atoms in total. The number of primary amides is 1. The Bertz CT molecular complexity index is 459. The highest BCUT2D eigenvalue weighted by Crippen LogP contribution is 2.06. The molecule has 0 aliphatic heterocycles. The zero-order chi connectivity index (χ0) is 15.7. The van der Waals surface area contributed by atoms with Gasteiger partial charge in [0.2, 0.25) is 0 Å². The average molecular weight is 292 g/mol. The molecule has 0 aromatic heterocycles. The van der Waals surface area contributed by atoms with Crippen molar-refractivity contribution in [3.05, 3.63) is 35.4 Å². The van der Waals surface area contributed by atoms with E-state index in [2.05, 4.69) is 17.6 Å². The Morgan fingerprint density at radius 2 is 1.90 bits per heavy atom.